The first-order valence-electron chi connectivity index (χ1n) is 9.18. The van der Waals surface area contributed by atoms with E-state index >= 15 is 0 Å². The zero-order valence-electron chi connectivity index (χ0n) is 16.6. The lowest BCUT2D eigenvalue weighted by molar-refractivity contribution is 0.196. The zero-order valence-corrected chi connectivity index (χ0v) is 16.6. The Morgan fingerprint density at radius 2 is 1.86 bits per heavy atom. The number of dihydropyridines is 1. The number of nitriles is 2. The number of aromatic amines is 1. The molecule has 0 bridgehead atoms. The van der Waals surface area contributed by atoms with Gasteiger partial charge in [-0.3, -0.25) is 5.10 Å². The first kappa shape index (κ1) is 19.5. The van der Waals surface area contributed by atoms with Gasteiger partial charge < -0.3 is 15.0 Å². The molecular formula is C21H24N6O. The number of ether oxygens (including phenoxy) is 1. The second-order valence-electron chi connectivity index (χ2n) is 6.98. The summed E-state index contributed by atoms with van der Waals surface area (Å²) in [6, 6.07) is 10.5. The third-order valence-corrected chi connectivity index (χ3v) is 5.10. The van der Waals surface area contributed by atoms with Gasteiger partial charge in [-0.25, -0.2) is 0 Å². The minimum Gasteiger partial charge on any atom is -0.385 e. The molecule has 0 spiro atoms. The molecule has 0 fully saturated rings. The maximum Gasteiger partial charge on any atom is 0.158 e. The van der Waals surface area contributed by atoms with Gasteiger partial charge in [0.1, 0.15) is 0 Å². The number of nitrogens with one attached hydrogen (secondary N) is 2. The molecule has 7 nitrogen and oxygen atoms in total. The highest BCUT2D eigenvalue weighted by Crippen LogP contribution is 2.39. The topological polar surface area (TPSA) is 101 Å². The molecule has 1 aliphatic heterocycles. The summed E-state index contributed by atoms with van der Waals surface area (Å²) < 4.78 is 5.13. The molecule has 3 rings (SSSR count). The lowest BCUT2D eigenvalue weighted by Crippen LogP contribution is -2.23. The number of hydrogen-bond acceptors (Lipinski definition) is 6. The summed E-state index contributed by atoms with van der Waals surface area (Å²) in [5.41, 5.74) is 4.54. The van der Waals surface area contributed by atoms with Crippen LogP contribution >= 0.6 is 0 Å². The number of methoxy groups -OCH3 is 1. The Labute approximate surface area is 164 Å². The highest BCUT2D eigenvalue weighted by atomic mass is 16.5. The van der Waals surface area contributed by atoms with Crippen molar-refractivity contribution in [3.63, 3.8) is 0 Å². The van der Waals surface area contributed by atoms with E-state index in [0.29, 0.717) is 17.8 Å². The quantitative estimate of drug-likeness (QED) is 0.750. The number of rotatable bonds is 6. The normalized spacial score (nSPS) is 14.8. The van der Waals surface area contributed by atoms with Crippen molar-refractivity contribution in [2.24, 2.45) is 0 Å². The molecule has 0 saturated carbocycles. The molecular weight excluding hydrogens is 352 g/mol. The maximum atomic E-state index is 9.71. The molecule has 0 unspecified atom stereocenters. The first-order valence-corrected chi connectivity index (χ1v) is 9.18. The van der Waals surface area contributed by atoms with Crippen molar-refractivity contribution in [3.05, 3.63) is 46.3 Å². The van der Waals surface area contributed by atoms with Crippen LogP contribution in [0.5, 0.6) is 0 Å². The molecule has 28 heavy (non-hydrogen) atoms. The first-order chi connectivity index (χ1) is 13.5. The van der Waals surface area contributed by atoms with Gasteiger partial charge in [0.15, 0.2) is 5.82 Å². The molecule has 1 aliphatic rings. The second-order valence-corrected chi connectivity index (χ2v) is 6.98. The van der Waals surface area contributed by atoms with E-state index in [1.54, 1.807) is 7.11 Å². The molecule has 144 valence electrons. The zero-order chi connectivity index (χ0) is 20.3. The van der Waals surface area contributed by atoms with Crippen LogP contribution in [0.2, 0.25) is 0 Å². The molecule has 0 radical (unpaired) electrons. The van der Waals surface area contributed by atoms with E-state index in [2.05, 4.69) is 32.6 Å². The molecule has 0 saturated heterocycles. The summed E-state index contributed by atoms with van der Waals surface area (Å²) in [5.74, 6) is 0.475. The Morgan fingerprint density at radius 1 is 1.18 bits per heavy atom. The van der Waals surface area contributed by atoms with E-state index in [0.717, 1.165) is 46.6 Å². The van der Waals surface area contributed by atoms with Gasteiger partial charge >= 0.3 is 0 Å². The average Bonchev–Trinajstić information content (AvgIpc) is 3.10. The third kappa shape index (κ3) is 3.45. The molecule has 0 aliphatic carbocycles. The SMILES string of the molecule is COCCCN(C)c1n[nH]c2ccc(C3C(C#N)=C(C)NC(C)=C3C#N)cc12. The molecule has 1 aromatic carbocycles. The van der Waals surface area contributed by atoms with E-state index in [1.807, 2.05) is 39.1 Å². The van der Waals surface area contributed by atoms with Crippen LogP contribution < -0.4 is 10.2 Å². The number of hydrogen-bond donors (Lipinski definition) is 2. The Hall–Kier alpha value is -3.29. The minimum absolute atomic E-state index is 0.373. The van der Waals surface area contributed by atoms with E-state index in [9.17, 15) is 10.5 Å². The summed E-state index contributed by atoms with van der Waals surface area (Å²) in [4.78, 5) is 2.09. The Kier molecular flexibility index (Phi) is 5.67. The summed E-state index contributed by atoms with van der Waals surface area (Å²) in [6.45, 7) is 5.25. The van der Waals surface area contributed by atoms with E-state index in [4.69, 9.17) is 4.74 Å². The summed E-state index contributed by atoms with van der Waals surface area (Å²) >= 11 is 0. The molecule has 1 aromatic heterocycles. The van der Waals surface area contributed by atoms with Crippen LogP contribution in [0, 0.1) is 22.7 Å². The van der Waals surface area contributed by atoms with Gasteiger partial charge in [0, 0.05) is 44.1 Å². The van der Waals surface area contributed by atoms with Gasteiger partial charge in [0.2, 0.25) is 0 Å². The summed E-state index contributed by atoms with van der Waals surface area (Å²) in [5, 5.41) is 31.1. The number of allylic oxidation sites excluding steroid dienone is 4. The average molecular weight is 376 g/mol. The number of fused-ring (bicyclic) bond motifs is 1. The number of benzene rings is 1. The van der Waals surface area contributed by atoms with Crippen LogP contribution in [0.3, 0.4) is 0 Å². The predicted molar refractivity (Wildman–Crippen MR) is 108 cm³/mol. The number of anilines is 1. The second kappa shape index (κ2) is 8.16. The highest BCUT2D eigenvalue weighted by Gasteiger charge is 2.29. The third-order valence-electron chi connectivity index (χ3n) is 5.10. The van der Waals surface area contributed by atoms with Crippen molar-refractivity contribution in [1.29, 1.82) is 10.5 Å². The summed E-state index contributed by atoms with van der Waals surface area (Å²) in [6.07, 6.45) is 0.899. The van der Waals surface area contributed by atoms with E-state index in [-0.39, 0.29) is 5.92 Å². The predicted octanol–water partition coefficient (Wildman–Crippen LogP) is 3.32. The fourth-order valence-electron chi connectivity index (χ4n) is 3.66. The maximum absolute atomic E-state index is 9.71. The Bertz CT molecular complexity index is 997. The molecule has 2 aromatic rings. The fourth-order valence-corrected chi connectivity index (χ4v) is 3.66. The standard InChI is InChI=1S/C21H24N6O/c1-13-17(11-22)20(18(12-23)14(2)24-13)15-6-7-19-16(10-15)21(26-25-19)27(3)8-5-9-28-4/h6-7,10,20,24H,5,8-9H2,1-4H3,(H,25,26). The van der Waals surface area contributed by atoms with Crippen molar-refractivity contribution in [3.8, 4) is 12.1 Å². The monoisotopic (exact) mass is 376 g/mol. The van der Waals surface area contributed by atoms with Gasteiger partial charge in [-0.1, -0.05) is 6.07 Å². The van der Waals surface area contributed by atoms with Crippen LogP contribution in [0.4, 0.5) is 5.82 Å². The number of aromatic nitrogens is 2. The molecule has 2 N–H and O–H groups in total. The van der Waals surface area contributed by atoms with Crippen molar-refractivity contribution in [1.82, 2.24) is 15.5 Å². The summed E-state index contributed by atoms with van der Waals surface area (Å²) in [7, 11) is 3.69. The largest absolute Gasteiger partial charge is 0.385 e. The van der Waals surface area contributed by atoms with Crippen molar-refractivity contribution in [2.45, 2.75) is 26.2 Å². The van der Waals surface area contributed by atoms with Crippen LogP contribution in [0.1, 0.15) is 31.7 Å². The van der Waals surface area contributed by atoms with E-state index < -0.39 is 0 Å². The van der Waals surface area contributed by atoms with Crippen LogP contribution in [0.25, 0.3) is 10.9 Å². The molecule has 0 amide bonds. The van der Waals surface area contributed by atoms with Crippen molar-refractivity contribution < 1.29 is 4.74 Å². The lowest BCUT2D eigenvalue weighted by Gasteiger charge is -2.26. The highest BCUT2D eigenvalue weighted by molar-refractivity contribution is 5.91. The van der Waals surface area contributed by atoms with E-state index in [1.165, 1.54) is 0 Å². The van der Waals surface area contributed by atoms with Crippen LogP contribution in [-0.2, 0) is 4.74 Å². The van der Waals surface area contributed by atoms with Gasteiger partial charge in [-0.15, -0.1) is 0 Å². The molecule has 0 atom stereocenters. The minimum atomic E-state index is -0.373. The fraction of sp³-hybridized carbons (Fsp3) is 0.381. The van der Waals surface area contributed by atoms with Gasteiger partial charge in [-0.2, -0.15) is 15.6 Å². The molecule has 2 heterocycles. The molecule has 7 heteroatoms. The number of nitrogens with zero attached hydrogens (tertiary/aromatic N) is 4. The number of H-pyrrole nitrogens is 1. The van der Waals surface area contributed by atoms with Gasteiger partial charge in [0.05, 0.1) is 34.7 Å². The van der Waals surface area contributed by atoms with Crippen molar-refractivity contribution in [2.75, 3.05) is 32.2 Å². The van der Waals surface area contributed by atoms with Gasteiger partial charge in [-0.05, 0) is 38.0 Å². The van der Waals surface area contributed by atoms with Crippen molar-refractivity contribution >= 4 is 16.7 Å². The van der Waals surface area contributed by atoms with Crippen LogP contribution in [-0.4, -0.2) is 37.5 Å². The Balaban J connectivity index is 2.06. The lowest BCUT2D eigenvalue weighted by atomic mass is 9.81. The smallest absolute Gasteiger partial charge is 0.158 e. The van der Waals surface area contributed by atoms with Gasteiger partial charge in [0.25, 0.3) is 0 Å². The van der Waals surface area contributed by atoms with Crippen LogP contribution in [0.15, 0.2) is 40.7 Å². The Morgan fingerprint density at radius 3 is 2.46 bits per heavy atom.